The summed E-state index contributed by atoms with van der Waals surface area (Å²) in [6, 6.07) is 12.2. The number of anilines is 3. The van der Waals surface area contributed by atoms with Crippen LogP contribution >= 0.6 is 0 Å². The molecule has 0 saturated carbocycles. The summed E-state index contributed by atoms with van der Waals surface area (Å²) in [5.74, 6) is 1.46. The molecule has 33 heavy (non-hydrogen) atoms. The standard InChI is InChI=1S/C23H25F3N6O/c24-23(25,26)18-5-3-4-17(14-18)15-28-21-29-20(30-22(31-21)32-12-1-2-13-32)27-11-10-16-6-8-19(33)9-7-16/h3-9,14,33H,1-2,10-13,15H2,(H2,27,28,29,30,31). The van der Waals surface area contributed by atoms with E-state index in [1.165, 1.54) is 6.07 Å². The second kappa shape index (κ2) is 9.93. The van der Waals surface area contributed by atoms with Gasteiger partial charge in [0.05, 0.1) is 5.56 Å². The van der Waals surface area contributed by atoms with Crippen LogP contribution in [0.1, 0.15) is 29.5 Å². The lowest BCUT2D eigenvalue weighted by molar-refractivity contribution is -0.137. The fourth-order valence-corrected chi connectivity index (χ4v) is 3.60. The van der Waals surface area contributed by atoms with Crippen LogP contribution in [0, 0.1) is 0 Å². The van der Waals surface area contributed by atoms with Crippen molar-refractivity contribution in [3.8, 4) is 5.75 Å². The molecule has 0 aliphatic carbocycles. The molecule has 2 aromatic carbocycles. The van der Waals surface area contributed by atoms with Gasteiger partial charge in [-0.3, -0.25) is 0 Å². The van der Waals surface area contributed by atoms with Crippen molar-refractivity contribution in [1.29, 1.82) is 0 Å². The van der Waals surface area contributed by atoms with Crippen molar-refractivity contribution in [1.82, 2.24) is 15.0 Å². The first-order chi connectivity index (χ1) is 15.9. The van der Waals surface area contributed by atoms with Gasteiger partial charge in [0.1, 0.15) is 5.75 Å². The average Bonchev–Trinajstić information content (AvgIpc) is 3.34. The van der Waals surface area contributed by atoms with Gasteiger partial charge in [0, 0.05) is 26.2 Å². The van der Waals surface area contributed by atoms with Gasteiger partial charge in [-0.25, -0.2) is 0 Å². The zero-order valence-electron chi connectivity index (χ0n) is 17.9. The molecule has 0 bridgehead atoms. The monoisotopic (exact) mass is 458 g/mol. The Hall–Kier alpha value is -3.56. The van der Waals surface area contributed by atoms with Crippen LogP contribution in [0.15, 0.2) is 48.5 Å². The highest BCUT2D eigenvalue weighted by Gasteiger charge is 2.30. The molecule has 4 rings (SSSR count). The summed E-state index contributed by atoms with van der Waals surface area (Å²) in [4.78, 5) is 15.5. The molecular formula is C23H25F3N6O. The second-order valence-electron chi connectivity index (χ2n) is 7.87. The summed E-state index contributed by atoms with van der Waals surface area (Å²) < 4.78 is 39.0. The summed E-state index contributed by atoms with van der Waals surface area (Å²) in [7, 11) is 0. The first-order valence-corrected chi connectivity index (χ1v) is 10.8. The van der Waals surface area contributed by atoms with E-state index < -0.39 is 11.7 Å². The summed E-state index contributed by atoms with van der Waals surface area (Å²) in [5.41, 5.74) is 0.846. The SMILES string of the molecule is Oc1ccc(CCNc2nc(NCc3cccc(C(F)(F)F)c3)nc(N3CCCC3)n2)cc1. The van der Waals surface area contributed by atoms with Crippen LogP contribution in [0.4, 0.5) is 31.0 Å². The normalized spacial score (nSPS) is 13.8. The second-order valence-corrected chi connectivity index (χ2v) is 7.87. The average molecular weight is 458 g/mol. The predicted octanol–water partition coefficient (Wildman–Crippen LogP) is 4.46. The Labute approximate surface area is 189 Å². The molecule has 174 valence electrons. The van der Waals surface area contributed by atoms with E-state index in [1.807, 2.05) is 12.1 Å². The molecule has 0 amide bonds. The van der Waals surface area contributed by atoms with Crippen molar-refractivity contribution in [2.45, 2.75) is 32.0 Å². The molecule has 1 aromatic heterocycles. The Balaban J connectivity index is 1.46. The molecule has 0 radical (unpaired) electrons. The number of hydrogen-bond donors (Lipinski definition) is 3. The number of phenols is 1. The molecule has 1 saturated heterocycles. The van der Waals surface area contributed by atoms with Crippen molar-refractivity contribution in [3.05, 3.63) is 65.2 Å². The van der Waals surface area contributed by atoms with Gasteiger partial charge in [0.2, 0.25) is 17.8 Å². The predicted molar refractivity (Wildman–Crippen MR) is 120 cm³/mol. The lowest BCUT2D eigenvalue weighted by atomic mass is 10.1. The van der Waals surface area contributed by atoms with E-state index in [-0.39, 0.29) is 12.3 Å². The third-order valence-electron chi connectivity index (χ3n) is 5.35. The van der Waals surface area contributed by atoms with Crippen LogP contribution in [0.3, 0.4) is 0 Å². The number of nitrogens with zero attached hydrogens (tertiary/aromatic N) is 4. The van der Waals surface area contributed by atoms with E-state index in [0.29, 0.717) is 36.4 Å². The quantitative estimate of drug-likeness (QED) is 0.459. The molecule has 3 N–H and O–H groups in total. The fraction of sp³-hybridized carbons (Fsp3) is 0.348. The van der Waals surface area contributed by atoms with Crippen molar-refractivity contribution < 1.29 is 18.3 Å². The topological polar surface area (TPSA) is 86.2 Å². The number of nitrogens with one attached hydrogen (secondary N) is 2. The fourth-order valence-electron chi connectivity index (χ4n) is 3.60. The third kappa shape index (κ3) is 6.24. The summed E-state index contributed by atoms with van der Waals surface area (Å²) >= 11 is 0. The Morgan fingerprint density at radius 1 is 0.879 bits per heavy atom. The molecule has 10 heteroatoms. The molecule has 0 unspecified atom stereocenters. The molecule has 0 spiro atoms. The van der Waals surface area contributed by atoms with Crippen molar-refractivity contribution in [2.75, 3.05) is 35.2 Å². The summed E-state index contributed by atoms with van der Waals surface area (Å²) in [5, 5.41) is 15.6. The number of aromatic hydroxyl groups is 1. The molecule has 3 aromatic rings. The highest BCUT2D eigenvalue weighted by Crippen LogP contribution is 2.29. The van der Waals surface area contributed by atoms with E-state index in [1.54, 1.807) is 18.2 Å². The number of phenolic OH excluding ortho intramolecular Hbond substituents is 1. The van der Waals surface area contributed by atoms with Gasteiger partial charge >= 0.3 is 6.18 Å². The minimum atomic E-state index is -4.39. The van der Waals surface area contributed by atoms with Gasteiger partial charge in [-0.2, -0.15) is 28.1 Å². The third-order valence-corrected chi connectivity index (χ3v) is 5.35. The van der Waals surface area contributed by atoms with Gasteiger partial charge in [-0.15, -0.1) is 0 Å². The maximum Gasteiger partial charge on any atom is 0.416 e. The van der Waals surface area contributed by atoms with Gasteiger partial charge in [-0.05, 0) is 54.7 Å². The molecule has 1 aliphatic heterocycles. The molecule has 7 nitrogen and oxygen atoms in total. The lowest BCUT2D eigenvalue weighted by Crippen LogP contribution is -2.22. The van der Waals surface area contributed by atoms with Crippen molar-refractivity contribution in [2.24, 2.45) is 0 Å². The largest absolute Gasteiger partial charge is 0.508 e. The Bertz CT molecular complexity index is 1070. The van der Waals surface area contributed by atoms with Crippen LogP contribution in [-0.4, -0.2) is 39.7 Å². The van der Waals surface area contributed by atoms with E-state index in [9.17, 15) is 18.3 Å². The lowest BCUT2D eigenvalue weighted by Gasteiger charge is -2.17. The van der Waals surface area contributed by atoms with E-state index in [4.69, 9.17) is 0 Å². The van der Waals surface area contributed by atoms with Crippen LogP contribution in [0.2, 0.25) is 0 Å². The molecule has 1 fully saturated rings. The summed E-state index contributed by atoms with van der Waals surface area (Å²) in [6.07, 6.45) is -1.57. The van der Waals surface area contributed by atoms with Gasteiger partial charge < -0.3 is 20.6 Å². The zero-order valence-corrected chi connectivity index (χ0v) is 17.9. The summed E-state index contributed by atoms with van der Waals surface area (Å²) in [6.45, 7) is 2.43. The highest BCUT2D eigenvalue weighted by atomic mass is 19.4. The van der Waals surface area contributed by atoms with Gasteiger partial charge in [-0.1, -0.05) is 24.3 Å². The molecule has 0 atom stereocenters. The van der Waals surface area contributed by atoms with Crippen molar-refractivity contribution in [3.63, 3.8) is 0 Å². The number of rotatable bonds is 8. The number of halogens is 3. The van der Waals surface area contributed by atoms with Crippen molar-refractivity contribution >= 4 is 17.8 Å². The number of alkyl halides is 3. The minimum Gasteiger partial charge on any atom is -0.508 e. The van der Waals surface area contributed by atoms with Gasteiger partial charge in [0.15, 0.2) is 0 Å². The maximum absolute atomic E-state index is 13.0. The Morgan fingerprint density at radius 3 is 2.27 bits per heavy atom. The highest BCUT2D eigenvalue weighted by molar-refractivity contribution is 5.45. The Kier molecular flexibility index (Phi) is 6.81. The minimum absolute atomic E-state index is 0.153. The van der Waals surface area contributed by atoms with Gasteiger partial charge in [0.25, 0.3) is 0 Å². The van der Waals surface area contributed by atoms with Crippen LogP contribution in [0.5, 0.6) is 5.75 Å². The zero-order chi connectivity index (χ0) is 23.3. The van der Waals surface area contributed by atoms with E-state index in [0.717, 1.165) is 43.6 Å². The molecule has 1 aliphatic rings. The van der Waals surface area contributed by atoms with E-state index >= 15 is 0 Å². The van der Waals surface area contributed by atoms with Crippen LogP contribution in [-0.2, 0) is 19.1 Å². The number of benzene rings is 2. The Morgan fingerprint density at radius 2 is 1.58 bits per heavy atom. The first kappa shape index (κ1) is 22.6. The van der Waals surface area contributed by atoms with Crippen LogP contribution in [0.25, 0.3) is 0 Å². The molecular weight excluding hydrogens is 433 g/mol. The first-order valence-electron chi connectivity index (χ1n) is 10.8. The number of aromatic nitrogens is 3. The number of hydrogen-bond acceptors (Lipinski definition) is 7. The molecule has 2 heterocycles. The maximum atomic E-state index is 13.0. The smallest absolute Gasteiger partial charge is 0.416 e. The van der Waals surface area contributed by atoms with E-state index in [2.05, 4.69) is 30.5 Å². The van der Waals surface area contributed by atoms with Crippen LogP contribution < -0.4 is 15.5 Å².